The highest BCUT2D eigenvalue weighted by Crippen LogP contribution is 2.32. The van der Waals surface area contributed by atoms with E-state index < -0.39 is 0 Å². The molecule has 1 aromatic heterocycles. The molecule has 0 amide bonds. The number of hydrogen-bond donors (Lipinski definition) is 0. The molecule has 0 aliphatic carbocycles. The van der Waals surface area contributed by atoms with Gasteiger partial charge in [-0.2, -0.15) is 0 Å². The van der Waals surface area contributed by atoms with E-state index in [2.05, 4.69) is 59.0 Å². The standard InChI is InChI=1S/C19H19ClN2.ClH/c1-21-10-9-19-17(13-21)16-11-15(20)7-8-18(16)22(19)12-14-5-3-2-4-6-14;/h2-8,11H,9-10,12-13H2,1H3;1H. The molecule has 0 saturated carbocycles. The molecule has 120 valence electrons. The minimum atomic E-state index is 0. The molecule has 4 rings (SSSR count). The van der Waals surface area contributed by atoms with E-state index in [1.807, 2.05) is 6.07 Å². The smallest absolute Gasteiger partial charge is 0.0490 e. The molecule has 3 aromatic rings. The van der Waals surface area contributed by atoms with Crippen molar-refractivity contribution in [3.63, 3.8) is 0 Å². The van der Waals surface area contributed by atoms with E-state index in [1.165, 1.54) is 27.7 Å². The molecule has 0 atom stereocenters. The van der Waals surface area contributed by atoms with Crippen molar-refractivity contribution in [2.75, 3.05) is 13.6 Å². The van der Waals surface area contributed by atoms with Crippen molar-refractivity contribution in [3.8, 4) is 0 Å². The Kier molecular flexibility index (Phi) is 4.67. The molecule has 1 aliphatic heterocycles. The Labute approximate surface area is 148 Å². The maximum absolute atomic E-state index is 6.24. The highest BCUT2D eigenvalue weighted by molar-refractivity contribution is 6.31. The van der Waals surface area contributed by atoms with E-state index >= 15 is 0 Å². The lowest BCUT2D eigenvalue weighted by molar-refractivity contribution is 0.310. The van der Waals surface area contributed by atoms with E-state index in [0.29, 0.717) is 0 Å². The third-order valence-electron chi connectivity index (χ3n) is 4.59. The number of hydrogen-bond acceptors (Lipinski definition) is 1. The van der Waals surface area contributed by atoms with Crippen LogP contribution in [0.5, 0.6) is 0 Å². The predicted molar refractivity (Wildman–Crippen MR) is 99.8 cm³/mol. The first-order chi connectivity index (χ1) is 10.7. The van der Waals surface area contributed by atoms with Gasteiger partial charge in [0.2, 0.25) is 0 Å². The molecule has 0 bridgehead atoms. The Morgan fingerprint density at radius 1 is 1.09 bits per heavy atom. The number of nitrogens with zero attached hydrogens (tertiary/aromatic N) is 2. The molecule has 0 N–H and O–H groups in total. The molecule has 2 heterocycles. The molecule has 0 saturated heterocycles. The first-order valence-corrected chi connectivity index (χ1v) is 8.12. The molecule has 0 unspecified atom stereocenters. The fourth-order valence-electron chi connectivity index (χ4n) is 3.50. The van der Waals surface area contributed by atoms with Gasteiger partial charge in [0.15, 0.2) is 0 Å². The van der Waals surface area contributed by atoms with Crippen LogP contribution in [0.4, 0.5) is 0 Å². The minimum absolute atomic E-state index is 0. The summed E-state index contributed by atoms with van der Waals surface area (Å²) in [5, 5.41) is 2.13. The van der Waals surface area contributed by atoms with E-state index in [9.17, 15) is 0 Å². The van der Waals surface area contributed by atoms with Gasteiger partial charge in [-0.05, 0) is 36.4 Å². The zero-order valence-electron chi connectivity index (χ0n) is 13.1. The summed E-state index contributed by atoms with van der Waals surface area (Å²) in [6, 6.07) is 17.0. The first kappa shape index (κ1) is 16.4. The third kappa shape index (κ3) is 2.99. The molecule has 1 aliphatic rings. The third-order valence-corrected chi connectivity index (χ3v) is 4.83. The quantitative estimate of drug-likeness (QED) is 0.649. The van der Waals surface area contributed by atoms with Gasteiger partial charge in [-0.3, -0.25) is 0 Å². The second-order valence-electron chi connectivity index (χ2n) is 6.15. The van der Waals surface area contributed by atoms with Gasteiger partial charge in [0.25, 0.3) is 0 Å². The fraction of sp³-hybridized carbons (Fsp3) is 0.263. The molecule has 2 aromatic carbocycles. The summed E-state index contributed by atoms with van der Waals surface area (Å²) in [5.74, 6) is 0. The van der Waals surface area contributed by atoms with Crippen LogP contribution in [0.2, 0.25) is 5.02 Å². The zero-order valence-corrected chi connectivity index (χ0v) is 14.7. The van der Waals surface area contributed by atoms with Gasteiger partial charge in [0.05, 0.1) is 0 Å². The lowest BCUT2D eigenvalue weighted by atomic mass is 10.1. The summed E-state index contributed by atoms with van der Waals surface area (Å²) in [5.41, 5.74) is 5.56. The Morgan fingerprint density at radius 2 is 1.87 bits per heavy atom. The fourth-order valence-corrected chi connectivity index (χ4v) is 3.68. The second-order valence-corrected chi connectivity index (χ2v) is 6.58. The van der Waals surface area contributed by atoms with Crippen molar-refractivity contribution >= 4 is 34.9 Å². The van der Waals surface area contributed by atoms with Crippen LogP contribution in [0.25, 0.3) is 10.9 Å². The monoisotopic (exact) mass is 346 g/mol. The number of benzene rings is 2. The number of fused-ring (bicyclic) bond motifs is 3. The second kappa shape index (κ2) is 6.56. The number of aromatic nitrogens is 1. The summed E-state index contributed by atoms with van der Waals surface area (Å²) in [6.07, 6.45) is 1.10. The Hall–Kier alpha value is -1.48. The van der Waals surface area contributed by atoms with Crippen LogP contribution in [0.1, 0.15) is 16.8 Å². The van der Waals surface area contributed by atoms with Crippen LogP contribution in [0.3, 0.4) is 0 Å². The Balaban J connectivity index is 0.00000156. The summed E-state index contributed by atoms with van der Waals surface area (Å²) >= 11 is 6.24. The van der Waals surface area contributed by atoms with Crippen LogP contribution in [0, 0.1) is 0 Å². The van der Waals surface area contributed by atoms with Crippen LogP contribution in [-0.4, -0.2) is 23.1 Å². The molecule has 0 radical (unpaired) electrons. The van der Waals surface area contributed by atoms with Crippen molar-refractivity contribution < 1.29 is 0 Å². The van der Waals surface area contributed by atoms with E-state index in [-0.39, 0.29) is 12.4 Å². The van der Waals surface area contributed by atoms with Gasteiger partial charge in [0.1, 0.15) is 0 Å². The molecular weight excluding hydrogens is 327 g/mol. The summed E-state index contributed by atoms with van der Waals surface area (Å²) in [4.78, 5) is 2.38. The van der Waals surface area contributed by atoms with Crippen LogP contribution < -0.4 is 0 Å². The molecule has 23 heavy (non-hydrogen) atoms. The van der Waals surface area contributed by atoms with E-state index in [1.54, 1.807) is 0 Å². The predicted octanol–water partition coefficient (Wildman–Crippen LogP) is 4.75. The Morgan fingerprint density at radius 3 is 2.65 bits per heavy atom. The van der Waals surface area contributed by atoms with E-state index in [0.717, 1.165) is 31.1 Å². The lowest BCUT2D eigenvalue weighted by Gasteiger charge is -2.24. The van der Waals surface area contributed by atoms with E-state index in [4.69, 9.17) is 11.6 Å². The van der Waals surface area contributed by atoms with Crippen LogP contribution in [-0.2, 0) is 19.5 Å². The zero-order chi connectivity index (χ0) is 15.1. The first-order valence-electron chi connectivity index (χ1n) is 7.74. The van der Waals surface area contributed by atoms with Gasteiger partial charge < -0.3 is 9.47 Å². The topological polar surface area (TPSA) is 8.17 Å². The molecule has 2 nitrogen and oxygen atoms in total. The van der Waals surface area contributed by atoms with Gasteiger partial charge in [0, 0.05) is 47.7 Å². The average Bonchev–Trinajstić information content (AvgIpc) is 2.81. The normalized spacial score (nSPS) is 14.5. The van der Waals surface area contributed by atoms with Crippen molar-refractivity contribution in [2.24, 2.45) is 0 Å². The van der Waals surface area contributed by atoms with Crippen LogP contribution >= 0.6 is 24.0 Å². The molecule has 0 fully saturated rings. The van der Waals surface area contributed by atoms with Gasteiger partial charge >= 0.3 is 0 Å². The lowest BCUT2D eigenvalue weighted by Crippen LogP contribution is -2.27. The molecule has 0 spiro atoms. The van der Waals surface area contributed by atoms with Crippen molar-refractivity contribution in [3.05, 3.63) is 70.4 Å². The summed E-state index contributed by atoms with van der Waals surface area (Å²) in [7, 11) is 2.19. The largest absolute Gasteiger partial charge is 0.340 e. The number of halogens is 2. The number of likely N-dealkylation sites (N-methyl/N-ethyl adjacent to an activating group) is 1. The highest BCUT2D eigenvalue weighted by atomic mass is 35.5. The van der Waals surface area contributed by atoms with Crippen molar-refractivity contribution in [1.29, 1.82) is 0 Å². The highest BCUT2D eigenvalue weighted by Gasteiger charge is 2.22. The van der Waals surface area contributed by atoms with Crippen LogP contribution in [0.15, 0.2) is 48.5 Å². The van der Waals surface area contributed by atoms with Gasteiger partial charge in [-0.1, -0.05) is 41.9 Å². The number of rotatable bonds is 2. The van der Waals surface area contributed by atoms with Crippen molar-refractivity contribution in [2.45, 2.75) is 19.5 Å². The van der Waals surface area contributed by atoms with Crippen molar-refractivity contribution in [1.82, 2.24) is 9.47 Å². The maximum atomic E-state index is 6.24. The molecule has 4 heteroatoms. The maximum Gasteiger partial charge on any atom is 0.0490 e. The minimum Gasteiger partial charge on any atom is -0.340 e. The Bertz CT molecular complexity index is 824. The average molecular weight is 347 g/mol. The van der Waals surface area contributed by atoms with Gasteiger partial charge in [-0.15, -0.1) is 12.4 Å². The SMILES string of the molecule is CN1CCc2c(c3cc(Cl)ccc3n2Cc2ccccc2)C1.Cl. The summed E-state index contributed by atoms with van der Waals surface area (Å²) < 4.78 is 2.48. The summed E-state index contributed by atoms with van der Waals surface area (Å²) in [6.45, 7) is 3.05. The van der Waals surface area contributed by atoms with Gasteiger partial charge in [-0.25, -0.2) is 0 Å². The molecular formula is C19H20Cl2N2.